The number of nitrogens with zero attached hydrogens (tertiary/aromatic N) is 2. The molecule has 0 saturated carbocycles. The number of esters is 1. The Labute approximate surface area is 244 Å². The van der Waals surface area contributed by atoms with E-state index < -0.39 is 0 Å². The Morgan fingerprint density at radius 1 is 0.857 bits per heavy atom. The van der Waals surface area contributed by atoms with Crippen LogP contribution in [-0.4, -0.2) is 40.1 Å². The molecule has 0 fully saturated rings. The maximum Gasteiger partial charge on any atom is 0.337 e. The van der Waals surface area contributed by atoms with Crippen LogP contribution in [0.25, 0.3) is 51.4 Å². The summed E-state index contributed by atoms with van der Waals surface area (Å²) in [5, 5.41) is 1.62. The molecule has 212 valence electrons. The number of nitrogens with one attached hydrogen (secondary N) is 2. The second-order valence-electron chi connectivity index (χ2n) is 11.9. The summed E-state index contributed by atoms with van der Waals surface area (Å²) < 4.78 is 10.8. The van der Waals surface area contributed by atoms with Gasteiger partial charge in [0.15, 0.2) is 5.75 Å². The van der Waals surface area contributed by atoms with Gasteiger partial charge in [0.05, 0.1) is 42.0 Å². The Balaban J connectivity index is 1.73. The van der Waals surface area contributed by atoms with Crippen molar-refractivity contribution in [2.24, 2.45) is 0 Å². The number of H-pyrrole nitrogens is 2. The molecular formula is C35H34N4O3. The highest BCUT2D eigenvalue weighted by atomic mass is 16.5. The number of fused-ring (bicyclic) bond motifs is 8. The van der Waals surface area contributed by atoms with Gasteiger partial charge in [-0.15, -0.1) is 0 Å². The smallest absolute Gasteiger partial charge is 0.337 e. The van der Waals surface area contributed by atoms with E-state index in [0.717, 1.165) is 60.8 Å². The van der Waals surface area contributed by atoms with Gasteiger partial charge in [0, 0.05) is 38.5 Å². The minimum absolute atomic E-state index is 0.284. The molecule has 3 aromatic heterocycles. The number of aromatic nitrogens is 4. The molecular weight excluding hydrogens is 524 g/mol. The van der Waals surface area contributed by atoms with Crippen LogP contribution in [0.5, 0.6) is 5.75 Å². The molecule has 0 saturated heterocycles. The summed E-state index contributed by atoms with van der Waals surface area (Å²) in [6.45, 7) is 12.6. The van der Waals surface area contributed by atoms with Crippen molar-refractivity contribution in [2.45, 2.75) is 38.5 Å². The second kappa shape index (κ2) is 9.87. The van der Waals surface area contributed by atoms with Crippen LogP contribution in [0.2, 0.25) is 0 Å². The Morgan fingerprint density at radius 2 is 1.52 bits per heavy atom. The van der Waals surface area contributed by atoms with E-state index in [9.17, 15) is 4.79 Å². The lowest BCUT2D eigenvalue weighted by molar-refractivity contribution is 0.0600. The number of benzene rings is 1. The van der Waals surface area contributed by atoms with Crippen molar-refractivity contribution in [3.63, 3.8) is 0 Å². The lowest BCUT2D eigenvalue weighted by Gasteiger charge is -2.13. The number of carbonyl (C=O) groups excluding carboxylic acids is 1. The third-order valence-electron chi connectivity index (χ3n) is 7.93. The molecule has 0 unspecified atom stereocenters. The maximum absolute atomic E-state index is 12.0. The van der Waals surface area contributed by atoms with Crippen LogP contribution < -0.4 is 15.4 Å². The Kier molecular flexibility index (Phi) is 6.41. The first-order valence-electron chi connectivity index (χ1n) is 13.9. The molecule has 0 aliphatic carbocycles. The Bertz CT molecular complexity index is 2040. The molecule has 7 nitrogen and oxygen atoms in total. The van der Waals surface area contributed by atoms with Gasteiger partial charge in [-0.2, -0.15) is 0 Å². The Hall–Kier alpha value is -4.91. The van der Waals surface area contributed by atoms with E-state index in [4.69, 9.17) is 19.4 Å². The zero-order valence-corrected chi connectivity index (χ0v) is 24.8. The molecule has 42 heavy (non-hydrogen) atoms. The third kappa shape index (κ3) is 4.71. The minimum atomic E-state index is -0.364. The van der Waals surface area contributed by atoms with E-state index >= 15 is 0 Å². The van der Waals surface area contributed by atoms with Crippen molar-refractivity contribution in [3.8, 4) is 16.9 Å². The predicted octanol–water partition coefficient (Wildman–Crippen LogP) is 5.94. The number of methoxy groups -OCH3 is 2. The van der Waals surface area contributed by atoms with Crippen molar-refractivity contribution < 1.29 is 14.3 Å². The van der Waals surface area contributed by atoms with Crippen LogP contribution in [0.3, 0.4) is 0 Å². The Morgan fingerprint density at radius 3 is 2.19 bits per heavy atom. The van der Waals surface area contributed by atoms with Crippen molar-refractivity contribution in [2.75, 3.05) is 14.2 Å². The van der Waals surface area contributed by atoms with E-state index in [2.05, 4.69) is 86.7 Å². The summed E-state index contributed by atoms with van der Waals surface area (Å²) in [7, 11) is 3.05. The molecule has 4 aromatic rings. The highest BCUT2D eigenvalue weighted by molar-refractivity contribution is 5.91. The van der Waals surface area contributed by atoms with Crippen molar-refractivity contribution in [3.05, 3.63) is 94.4 Å². The summed E-state index contributed by atoms with van der Waals surface area (Å²) in [5.41, 5.74) is 8.17. The van der Waals surface area contributed by atoms with Gasteiger partial charge < -0.3 is 19.4 Å². The number of hydrogen-bond acceptors (Lipinski definition) is 5. The van der Waals surface area contributed by atoms with Gasteiger partial charge in [-0.1, -0.05) is 52.5 Å². The maximum atomic E-state index is 12.0. The molecule has 2 aliphatic heterocycles. The summed E-state index contributed by atoms with van der Waals surface area (Å²) in [6.07, 6.45) is 6.14. The summed E-state index contributed by atoms with van der Waals surface area (Å²) >= 11 is 0. The highest BCUT2D eigenvalue weighted by Gasteiger charge is 2.26. The number of rotatable bonds is 4. The molecule has 1 aromatic carbocycles. The SMILES string of the molecule is C=Cc1cc2cc3nc(cc4[nH]c(cc5nc(c(OC)c1[nH]2)=CC5(C)C)cc4-c1ccc(C(=O)OC)cc1)=CC3(C)C. The quantitative estimate of drug-likeness (QED) is 0.303. The van der Waals surface area contributed by atoms with Crippen molar-refractivity contribution >= 4 is 46.3 Å². The van der Waals surface area contributed by atoms with Gasteiger partial charge in [0.25, 0.3) is 0 Å². The number of hydrogen-bond donors (Lipinski definition) is 2. The lowest BCUT2D eigenvalue weighted by Crippen LogP contribution is -2.10. The van der Waals surface area contributed by atoms with Gasteiger partial charge >= 0.3 is 5.97 Å². The fraction of sp³-hybridized carbons (Fsp3) is 0.229. The number of carbonyl (C=O) groups is 1. The topological polar surface area (TPSA) is 92.9 Å². The highest BCUT2D eigenvalue weighted by Crippen LogP contribution is 2.32. The number of ether oxygens (including phenoxy) is 2. The van der Waals surface area contributed by atoms with E-state index in [0.29, 0.717) is 11.3 Å². The molecule has 5 heterocycles. The average molecular weight is 559 g/mol. The predicted molar refractivity (Wildman–Crippen MR) is 169 cm³/mol. The molecule has 7 heteroatoms. The van der Waals surface area contributed by atoms with E-state index in [1.807, 2.05) is 18.2 Å². The largest absolute Gasteiger partial charge is 0.492 e. The zero-order valence-electron chi connectivity index (χ0n) is 24.8. The first-order chi connectivity index (χ1) is 20.0. The first-order valence-corrected chi connectivity index (χ1v) is 13.9. The van der Waals surface area contributed by atoms with E-state index in [1.54, 1.807) is 19.2 Å². The van der Waals surface area contributed by atoms with Gasteiger partial charge in [-0.3, -0.25) is 4.98 Å². The molecule has 0 spiro atoms. The fourth-order valence-electron chi connectivity index (χ4n) is 5.63. The van der Waals surface area contributed by atoms with Gasteiger partial charge in [-0.25, -0.2) is 9.78 Å². The molecule has 2 aliphatic rings. The average Bonchev–Trinajstić information content (AvgIpc) is 3.68. The molecule has 2 N–H and O–H groups in total. The monoisotopic (exact) mass is 558 g/mol. The fourth-order valence-corrected chi connectivity index (χ4v) is 5.63. The van der Waals surface area contributed by atoms with Crippen LogP contribution in [0, 0.1) is 0 Å². The standard InChI is InChI=1S/C35H34N4O3/c1-8-20-13-23-16-29-34(2,3)18-25(37-29)15-27-26(21-9-11-22(12-10-21)33(40)42-7)14-24(36-27)17-30-35(4,5)19-28(39-30)32(41-6)31(20)38-23/h8-19,36,38H,1H2,2-7H3. The molecule has 0 atom stereocenters. The molecule has 8 bridgehead atoms. The zero-order chi connectivity index (χ0) is 29.8. The second-order valence-corrected chi connectivity index (χ2v) is 11.9. The van der Waals surface area contributed by atoms with E-state index in [1.165, 1.54) is 7.11 Å². The van der Waals surface area contributed by atoms with Crippen LogP contribution in [0.15, 0.2) is 61.2 Å². The van der Waals surface area contributed by atoms with Crippen LogP contribution >= 0.6 is 0 Å². The summed E-state index contributed by atoms with van der Waals surface area (Å²) in [5.74, 6) is 0.294. The van der Waals surface area contributed by atoms with Gasteiger partial charge in [0.2, 0.25) is 0 Å². The molecule has 6 rings (SSSR count). The molecule has 0 amide bonds. The van der Waals surface area contributed by atoms with Gasteiger partial charge in [-0.05, 0) is 60.2 Å². The van der Waals surface area contributed by atoms with Crippen molar-refractivity contribution in [1.29, 1.82) is 0 Å². The normalized spacial score (nSPS) is 14.9. The summed E-state index contributed by atoms with van der Waals surface area (Å²) in [6, 6.07) is 17.8. The van der Waals surface area contributed by atoms with Crippen molar-refractivity contribution in [1.82, 2.24) is 19.9 Å². The van der Waals surface area contributed by atoms with Crippen LogP contribution in [0.1, 0.15) is 55.0 Å². The summed E-state index contributed by atoms with van der Waals surface area (Å²) in [4.78, 5) is 29.3. The lowest BCUT2D eigenvalue weighted by atomic mass is 9.90. The van der Waals surface area contributed by atoms with Gasteiger partial charge in [0.1, 0.15) is 5.35 Å². The molecule has 0 radical (unpaired) electrons. The van der Waals surface area contributed by atoms with Crippen LogP contribution in [-0.2, 0) is 15.6 Å². The minimum Gasteiger partial charge on any atom is -0.492 e. The van der Waals surface area contributed by atoms with E-state index in [-0.39, 0.29) is 16.8 Å². The number of aromatic amines is 2. The first kappa shape index (κ1) is 27.3. The third-order valence-corrected chi connectivity index (χ3v) is 7.93. The van der Waals surface area contributed by atoms with Crippen LogP contribution in [0.4, 0.5) is 0 Å².